The maximum absolute atomic E-state index is 12.2. The van der Waals surface area contributed by atoms with Gasteiger partial charge in [0.05, 0.1) is 25.2 Å². The summed E-state index contributed by atoms with van der Waals surface area (Å²) in [6, 6.07) is 0. The minimum absolute atomic E-state index is 0.0271. The molecule has 0 aromatic carbocycles. The SMILES string of the molecule is NCC#Cc1cn([C@H]2C[C@@H](OCS)C(COP(=O)(O)OP(=O)(O)OP(=O)(O)O)O2)c(=O)[nH]c1=O. The topological polar surface area (TPSA) is 259 Å². The monoisotopic (exact) mass is 567 g/mol. The molecule has 7 N–H and O–H groups in total. The van der Waals surface area contributed by atoms with Gasteiger partial charge in [0.25, 0.3) is 5.56 Å². The molecular weight excluding hydrogens is 547 g/mol. The van der Waals surface area contributed by atoms with E-state index in [4.69, 9.17) is 25.0 Å². The Labute approximate surface area is 196 Å². The van der Waals surface area contributed by atoms with Gasteiger partial charge in [0.15, 0.2) is 0 Å². The highest BCUT2D eigenvalue weighted by atomic mass is 32.1. The second kappa shape index (κ2) is 11.7. The molecule has 0 aliphatic carbocycles. The smallest absolute Gasteiger partial charge is 0.365 e. The van der Waals surface area contributed by atoms with E-state index in [1.807, 2.05) is 0 Å². The first-order valence-electron chi connectivity index (χ1n) is 8.87. The van der Waals surface area contributed by atoms with Crippen LogP contribution < -0.4 is 17.0 Å². The van der Waals surface area contributed by atoms with Gasteiger partial charge in [-0.2, -0.15) is 21.3 Å². The van der Waals surface area contributed by atoms with Crippen LogP contribution in [0.1, 0.15) is 18.2 Å². The van der Waals surface area contributed by atoms with Gasteiger partial charge in [-0.05, 0) is 0 Å². The van der Waals surface area contributed by atoms with Crippen LogP contribution in [0.4, 0.5) is 0 Å². The van der Waals surface area contributed by atoms with Crippen LogP contribution in [-0.2, 0) is 36.3 Å². The van der Waals surface area contributed by atoms with Crippen LogP contribution in [0.3, 0.4) is 0 Å². The Kier molecular flexibility index (Phi) is 10.1. The lowest BCUT2D eigenvalue weighted by Crippen LogP contribution is -2.33. The molecule has 1 aliphatic heterocycles. The normalized spacial score (nSPS) is 24.1. The molecule has 1 aromatic heterocycles. The molecule has 1 fully saturated rings. The van der Waals surface area contributed by atoms with Gasteiger partial charge in [0.1, 0.15) is 17.9 Å². The van der Waals surface area contributed by atoms with Gasteiger partial charge >= 0.3 is 29.2 Å². The summed E-state index contributed by atoms with van der Waals surface area (Å²) in [5.74, 6) is 4.81. The zero-order valence-corrected chi connectivity index (χ0v) is 20.4. The van der Waals surface area contributed by atoms with Crippen molar-refractivity contribution >= 4 is 36.1 Å². The first-order valence-corrected chi connectivity index (χ1v) is 14.0. The Hall–Kier alpha value is -1.12. The lowest BCUT2D eigenvalue weighted by Gasteiger charge is -2.20. The molecule has 192 valence electrons. The van der Waals surface area contributed by atoms with Gasteiger partial charge in [0, 0.05) is 12.6 Å². The van der Waals surface area contributed by atoms with Crippen molar-refractivity contribution in [3.8, 4) is 11.8 Å². The average Bonchev–Trinajstić information content (AvgIpc) is 3.06. The van der Waals surface area contributed by atoms with Gasteiger partial charge in [-0.25, -0.2) is 18.5 Å². The number of aromatic nitrogens is 2. The highest BCUT2D eigenvalue weighted by molar-refractivity contribution is 7.80. The molecule has 0 amide bonds. The summed E-state index contributed by atoms with van der Waals surface area (Å²) in [5, 5.41) is 0. The van der Waals surface area contributed by atoms with Crippen molar-refractivity contribution in [3.05, 3.63) is 32.6 Å². The van der Waals surface area contributed by atoms with Crippen molar-refractivity contribution in [2.24, 2.45) is 5.73 Å². The molecule has 2 rings (SSSR count). The molecule has 2 heterocycles. The maximum atomic E-state index is 12.2. The molecule has 34 heavy (non-hydrogen) atoms. The van der Waals surface area contributed by atoms with Crippen molar-refractivity contribution in [2.75, 3.05) is 19.1 Å². The van der Waals surface area contributed by atoms with E-state index in [1.165, 1.54) is 0 Å². The molecule has 0 saturated carbocycles. The van der Waals surface area contributed by atoms with Crippen molar-refractivity contribution in [3.63, 3.8) is 0 Å². The van der Waals surface area contributed by atoms with Gasteiger partial charge < -0.3 is 34.8 Å². The summed E-state index contributed by atoms with van der Waals surface area (Å²) >= 11 is 3.91. The molecule has 0 bridgehead atoms. The Bertz CT molecular complexity index is 1200. The Balaban J connectivity index is 2.18. The molecule has 1 saturated heterocycles. The first-order chi connectivity index (χ1) is 15.7. The van der Waals surface area contributed by atoms with E-state index in [1.54, 1.807) is 0 Å². The largest absolute Gasteiger partial charge is 0.490 e. The molecule has 0 spiro atoms. The fraction of sp³-hybridized carbons (Fsp3) is 0.538. The third-order valence-corrected chi connectivity index (χ3v) is 7.84. The fourth-order valence-corrected chi connectivity index (χ4v) is 5.92. The summed E-state index contributed by atoms with van der Waals surface area (Å²) in [4.78, 5) is 62.1. The van der Waals surface area contributed by atoms with Crippen molar-refractivity contribution in [1.29, 1.82) is 0 Å². The van der Waals surface area contributed by atoms with Crippen LogP contribution in [-0.4, -0.2) is 60.4 Å². The quantitative estimate of drug-likeness (QED) is 0.0754. The van der Waals surface area contributed by atoms with Gasteiger partial charge in [-0.3, -0.25) is 18.9 Å². The number of nitrogens with one attached hydrogen (secondary N) is 1. The lowest BCUT2D eigenvalue weighted by molar-refractivity contribution is -0.0543. The van der Waals surface area contributed by atoms with E-state index >= 15 is 0 Å². The number of phosphoric ester groups is 1. The Morgan fingerprint density at radius 1 is 1.21 bits per heavy atom. The van der Waals surface area contributed by atoms with Crippen LogP contribution in [0.2, 0.25) is 0 Å². The predicted molar refractivity (Wildman–Crippen MR) is 114 cm³/mol. The molecule has 1 aromatic rings. The van der Waals surface area contributed by atoms with E-state index in [-0.39, 0.29) is 24.5 Å². The number of ether oxygens (including phenoxy) is 2. The van der Waals surface area contributed by atoms with Crippen LogP contribution >= 0.6 is 36.1 Å². The molecular formula is C13H20N3O14P3S. The van der Waals surface area contributed by atoms with E-state index in [2.05, 4.69) is 42.6 Å². The number of thiol groups is 1. The summed E-state index contributed by atoms with van der Waals surface area (Å²) in [6.07, 6.45) is -2.02. The average molecular weight is 567 g/mol. The summed E-state index contributed by atoms with van der Waals surface area (Å²) in [7, 11) is -16.7. The van der Waals surface area contributed by atoms with Crippen LogP contribution in [0.25, 0.3) is 0 Å². The summed E-state index contributed by atoms with van der Waals surface area (Å²) < 4.78 is 57.8. The number of nitrogens with two attached hydrogens (primary N) is 1. The zero-order chi connectivity index (χ0) is 25.7. The van der Waals surface area contributed by atoms with Crippen molar-refractivity contribution in [1.82, 2.24) is 9.55 Å². The molecule has 17 nitrogen and oxygen atoms in total. The summed E-state index contributed by atoms with van der Waals surface area (Å²) in [5.41, 5.74) is 3.57. The molecule has 0 radical (unpaired) electrons. The van der Waals surface area contributed by atoms with Crippen LogP contribution in [0.5, 0.6) is 0 Å². The van der Waals surface area contributed by atoms with Crippen molar-refractivity contribution in [2.45, 2.75) is 24.9 Å². The number of phosphoric acid groups is 3. The maximum Gasteiger partial charge on any atom is 0.490 e. The van der Waals surface area contributed by atoms with Gasteiger partial charge in [-0.15, -0.1) is 0 Å². The number of hydrogen-bond acceptors (Lipinski definition) is 12. The number of nitrogens with zero attached hydrogens (tertiary/aromatic N) is 1. The lowest BCUT2D eigenvalue weighted by atomic mass is 10.2. The first kappa shape index (κ1) is 29.1. The standard InChI is InChI=1S/C13H20N3O14P3S/c14-3-1-2-8-5-16(13(18)15-12(8)17)11-4-9(26-7-34)10(28-11)6-27-32(22,23)30-33(24,25)29-31(19,20)21/h5,9-11,34H,3-4,6-7,14H2,(H,22,23)(H,24,25)(H,15,17,18)(H2,19,20,21)/t9-,10?,11-/m1/s1. The van der Waals surface area contributed by atoms with E-state index in [9.17, 15) is 33.1 Å². The third-order valence-electron chi connectivity index (χ3n) is 3.89. The van der Waals surface area contributed by atoms with Crippen LogP contribution in [0, 0.1) is 11.8 Å². The fourth-order valence-electron chi connectivity index (χ4n) is 2.70. The van der Waals surface area contributed by atoms with E-state index < -0.39 is 59.8 Å². The third kappa shape index (κ3) is 8.83. The van der Waals surface area contributed by atoms with E-state index in [0.717, 1.165) is 10.8 Å². The number of hydrogen-bond donors (Lipinski definition) is 7. The number of rotatable bonds is 10. The van der Waals surface area contributed by atoms with Gasteiger partial charge in [0.2, 0.25) is 0 Å². The highest BCUT2D eigenvalue weighted by Crippen LogP contribution is 2.66. The van der Waals surface area contributed by atoms with Crippen LogP contribution in [0.15, 0.2) is 15.8 Å². The minimum Gasteiger partial charge on any atom is -0.365 e. The minimum atomic E-state index is -5.70. The molecule has 5 atom stereocenters. The second-order valence-electron chi connectivity index (χ2n) is 6.30. The molecule has 21 heteroatoms. The Morgan fingerprint density at radius 3 is 2.47 bits per heavy atom. The molecule has 3 unspecified atom stereocenters. The summed E-state index contributed by atoms with van der Waals surface area (Å²) in [6.45, 7) is -0.852. The van der Waals surface area contributed by atoms with Crippen molar-refractivity contribution < 1.29 is 55.9 Å². The Morgan fingerprint density at radius 2 is 1.88 bits per heavy atom. The van der Waals surface area contributed by atoms with Gasteiger partial charge in [-0.1, -0.05) is 11.8 Å². The molecule has 1 aliphatic rings. The zero-order valence-electron chi connectivity index (χ0n) is 16.8. The second-order valence-corrected chi connectivity index (χ2v) is 11.0. The number of H-pyrrole nitrogens is 1. The predicted octanol–water partition coefficient (Wildman–Crippen LogP) is -1.25. The number of aromatic amines is 1. The van der Waals surface area contributed by atoms with E-state index in [0.29, 0.717) is 0 Å². The highest BCUT2D eigenvalue weighted by Gasteiger charge is 2.43.